The standard InChI is InChI=1S/C12H16O3/c1-4-5-9-6-7-10(12(14)15-3)11(13)8(9)2/h6-7,13H,4-5H2,1-3H3. The summed E-state index contributed by atoms with van der Waals surface area (Å²) in [7, 11) is 1.30. The van der Waals surface area contributed by atoms with Crippen LogP contribution >= 0.6 is 0 Å². The van der Waals surface area contributed by atoms with E-state index in [1.54, 1.807) is 6.07 Å². The number of phenols is 1. The molecule has 0 spiro atoms. The summed E-state index contributed by atoms with van der Waals surface area (Å²) in [5, 5.41) is 9.81. The molecule has 1 rings (SSSR count). The zero-order chi connectivity index (χ0) is 11.4. The van der Waals surface area contributed by atoms with E-state index in [4.69, 9.17) is 0 Å². The molecule has 0 radical (unpaired) electrons. The second-order valence-corrected chi connectivity index (χ2v) is 3.49. The average Bonchev–Trinajstić information content (AvgIpc) is 2.24. The summed E-state index contributed by atoms with van der Waals surface area (Å²) in [6.07, 6.45) is 1.92. The highest BCUT2D eigenvalue weighted by Gasteiger charge is 2.14. The van der Waals surface area contributed by atoms with E-state index < -0.39 is 5.97 Å². The molecule has 3 nitrogen and oxygen atoms in total. The van der Waals surface area contributed by atoms with E-state index in [0.29, 0.717) is 0 Å². The number of benzene rings is 1. The van der Waals surface area contributed by atoms with Crippen molar-refractivity contribution in [3.8, 4) is 5.75 Å². The number of ether oxygens (including phenoxy) is 1. The van der Waals surface area contributed by atoms with Crippen molar-refractivity contribution < 1.29 is 14.6 Å². The Morgan fingerprint density at radius 2 is 2.13 bits per heavy atom. The average molecular weight is 208 g/mol. The van der Waals surface area contributed by atoms with Gasteiger partial charge in [0.25, 0.3) is 0 Å². The molecule has 0 saturated heterocycles. The molecule has 0 bridgehead atoms. The molecule has 0 heterocycles. The summed E-state index contributed by atoms with van der Waals surface area (Å²) >= 11 is 0. The zero-order valence-electron chi connectivity index (χ0n) is 9.33. The lowest BCUT2D eigenvalue weighted by Gasteiger charge is -2.09. The first-order valence-corrected chi connectivity index (χ1v) is 5.01. The largest absolute Gasteiger partial charge is 0.507 e. The first-order chi connectivity index (χ1) is 7.11. The molecule has 0 saturated carbocycles. The van der Waals surface area contributed by atoms with E-state index in [-0.39, 0.29) is 11.3 Å². The molecular formula is C12H16O3. The predicted octanol–water partition coefficient (Wildman–Crippen LogP) is 2.44. The van der Waals surface area contributed by atoms with Gasteiger partial charge < -0.3 is 9.84 Å². The van der Waals surface area contributed by atoms with Crippen LogP contribution in [0.2, 0.25) is 0 Å². The maximum atomic E-state index is 11.3. The van der Waals surface area contributed by atoms with Gasteiger partial charge in [0.05, 0.1) is 7.11 Å². The van der Waals surface area contributed by atoms with Crippen molar-refractivity contribution in [2.75, 3.05) is 7.11 Å². The molecule has 0 aliphatic rings. The third kappa shape index (κ3) is 2.29. The van der Waals surface area contributed by atoms with Crippen LogP contribution in [0.4, 0.5) is 0 Å². The molecule has 0 unspecified atom stereocenters. The van der Waals surface area contributed by atoms with Crippen LogP contribution in [0.1, 0.15) is 34.8 Å². The van der Waals surface area contributed by atoms with Crippen molar-refractivity contribution in [2.45, 2.75) is 26.7 Å². The number of phenolic OH excluding ortho intramolecular Hbond substituents is 1. The fourth-order valence-corrected chi connectivity index (χ4v) is 1.56. The number of hydrogen-bond donors (Lipinski definition) is 1. The molecule has 1 N–H and O–H groups in total. The maximum absolute atomic E-state index is 11.3. The Hall–Kier alpha value is -1.51. The minimum absolute atomic E-state index is 0.0350. The smallest absolute Gasteiger partial charge is 0.341 e. The highest BCUT2D eigenvalue weighted by molar-refractivity contribution is 5.92. The van der Waals surface area contributed by atoms with E-state index in [2.05, 4.69) is 11.7 Å². The summed E-state index contributed by atoms with van der Waals surface area (Å²) in [4.78, 5) is 11.3. The van der Waals surface area contributed by atoms with Crippen LogP contribution in [0, 0.1) is 6.92 Å². The van der Waals surface area contributed by atoms with Crippen LogP contribution in [0.25, 0.3) is 0 Å². The second kappa shape index (κ2) is 4.82. The normalized spacial score (nSPS) is 10.1. The quantitative estimate of drug-likeness (QED) is 0.776. The highest BCUT2D eigenvalue weighted by atomic mass is 16.5. The maximum Gasteiger partial charge on any atom is 0.341 e. The van der Waals surface area contributed by atoms with Crippen LogP contribution in [0.15, 0.2) is 12.1 Å². The minimum atomic E-state index is -0.501. The van der Waals surface area contributed by atoms with Gasteiger partial charge in [0.1, 0.15) is 11.3 Å². The van der Waals surface area contributed by atoms with Crippen LogP contribution in [0.5, 0.6) is 5.75 Å². The van der Waals surface area contributed by atoms with Crippen molar-refractivity contribution >= 4 is 5.97 Å². The topological polar surface area (TPSA) is 46.5 Å². The van der Waals surface area contributed by atoms with Crippen LogP contribution in [-0.4, -0.2) is 18.2 Å². The van der Waals surface area contributed by atoms with E-state index >= 15 is 0 Å². The number of methoxy groups -OCH3 is 1. The van der Waals surface area contributed by atoms with Crippen molar-refractivity contribution in [1.29, 1.82) is 0 Å². The van der Waals surface area contributed by atoms with Gasteiger partial charge >= 0.3 is 5.97 Å². The third-order valence-electron chi connectivity index (χ3n) is 2.47. The first-order valence-electron chi connectivity index (χ1n) is 5.01. The van der Waals surface area contributed by atoms with Gasteiger partial charge in [0.2, 0.25) is 0 Å². The molecular weight excluding hydrogens is 192 g/mol. The Morgan fingerprint density at radius 1 is 1.47 bits per heavy atom. The lowest BCUT2D eigenvalue weighted by molar-refractivity contribution is 0.0597. The van der Waals surface area contributed by atoms with Gasteiger partial charge in [-0.2, -0.15) is 0 Å². The van der Waals surface area contributed by atoms with Gasteiger partial charge in [-0.05, 0) is 30.5 Å². The summed E-state index contributed by atoms with van der Waals surface area (Å²) < 4.78 is 4.57. The Morgan fingerprint density at radius 3 is 2.67 bits per heavy atom. The van der Waals surface area contributed by atoms with E-state index in [0.717, 1.165) is 24.0 Å². The van der Waals surface area contributed by atoms with Crippen molar-refractivity contribution in [2.24, 2.45) is 0 Å². The van der Waals surface area contributed by atoms with Crippen molar-refractivity contribution in [1.82, 2.24) is 0 Å². The summed E-state index contributed by atoms with van der Waals surface area (Å²) in [5.41, 5.74) is 2.07. The Labute approximate surface area is 89.7 Å². The van der Waals surface area contributed by atoms with Crippen LogP contribution < -0.4 is 0 Å². The molecule has 82 valence electrons. The van der Waals surface area contributed by atoms with E-state index in [1.165, 1.54) is 7.11 Å². The van der Waals surface area contributed by atoms with Gasteiger partial charge in [-0.3, -0.25) is 0 Å². The number of hydrogen-bond acceptors (Lipinski definition) is 3. The fraction of sp³-hybridized carbons (Fsp3) is 0.417. The molecule has 15 heavy (non-hydrogen) atoms. The molecule has 0 fully saturated rings. The monoisotopic (exact) mass is 208 g/mol. The number of aromatic hydroxyl groups is 1. The van der Waals surface area contributed by atoms with Crippen LogP contribution in [-0.2, 0) is 11.2 Å². The first kappa shape index (κ1) is 11.6. The molecule has 0 aliphatic heterocycles. The van der Waals surface area contributed by atoms with Crippen LogP contribution in [0.3, 0.4) is 0 Å². The fourth-order valence-electron chi connectivity index (χ4n) is 1.56. The molecule has 1 aromatic carbocycles. The summed E-state index contributed by atoms with van der Waals surface area (Å²) in [6.45, 7) is 3.89. The van der Waals surface area contributed by atoms with Crippen molar-refractivity contribution in [3.05, 3.63) is 28.8 Å². The zero-order valence-corrected chi connectivity index (χ0v) is 9.33. The van der Waals surface area contributed by atoms with E-state index in [1.807, 2.05) is 13.0 Å². The number of esters is 1. The number of carbonyl (C=O) groups excluding carboxylic acids is 1. The third-order valence-corrected chi connectivity index (χ3v) is 2.47. The lowest BCUT2D eigenvalue weighted by Crippen LogP contribution is -2.03. The summed E-state index contributed by atoms with van der Waals surface area (Å²) in [5.74, 6) is -0.466. The molecule has 1 aromatic rings. The Bertz CT molecular complexity index is 369. The molecule has 0 amide bonds. The number of aryl methyl sites for hydroxylation is 1. The Balaban J connectivity index is 3.15. The van der Waals surface area contributed by atoms with E-state index in [9.17, 15) is 9.90 Å². The van der Waals surface area contributed by atoms with Gasteiger partial charge in [0, 0.05) is 0 Å². The molecule has 0 aromatic heterocycles. The van der Waals surface area contributed by atoms with Gasteiger partial charge in [-0.1, -0.05) is 19.4 Å². The SMILES string of the molecule is CCCc1ccc(C(=O)OC)c(O)c1C. The Kier molecular flexibility index (Phi) is 3.72. The lowest BCUT2D eigenvalue weighted by atomic mass is 10.00. The number of rotatable bonds is 3. The second-order valence-electron chi connectivity index (χ2n) is 3.49. The molecule has 3 heteroatoms. The molecule has 0 atom stereocenters. The highest BCUT2D eigenvalue weighted by Crippen LogP contribution is 2.26. The number of carbonyl (C=O) groups is 1. The van der Waals surface area contributed by atoms with Gasteiger partial charge in [-0.15, -0.1) is 0 Å². The van der Waals surface area contributed by atoms with Gasteiger partial charge in [0.15, 0.2) is 0 Å². The van der Waals surface area contributed by atoms with Crippen molar-refractivity contribution in [3.63, 3.8) is 0 Å². The predicted molar refractivity (Wildman–Crippen MR) is 58.2 cm³/mol. The minimum Gasteiger partial charge on any atom is -0.507 e. The van der Waals surface area contributed by atoms with Gasteiger partial charge in [-0.25, -0.2) is 4.79 Å². The molecule has 0 aliphatic carbocycles. The summed E-state index contributed by atoms with van der Waals surface area (Å²) in [6, 6.07) is 3.48.